The summed E-state index contributed by atoms with van der Waals surface area (Å²) in [6.45, 7) is 1.43. The van der Waals surface area contributed by atoms with E-state index >= 15 is 0 Å². The average Bonchev–Trinajstić information content (AvgIpc) is 2.96. The Balaban J connectivity index is 2.11. The lowest BCUT2D eigenvalue weighted by Gasteiger charge is -2.14. The molecule has 1 aromatic rings. The second-order valence-corrected chi connectivity index (χ2v) is 6.40. The molecular weight excluding hydrogens is 327 g/mol. The molecule has 0 unspecified atom stereocenters. The predicted molar refractivity (Wildman–Crippen MR) is 79.8 cm³/mol. The van der Waals surface area contributed by atoms with Crippen molar-refractivity contribution in [2.24, 2.45) is 0 Å². The number of amides is 1. The Morgan fingerprint density at radius 3 is 2.70 bits per heavy atom. The van der Waals surface area contributed by atoms with E-state index in [1.807, 2.05) is 0 Å². The van der Waals surface area contributed by atoms with E-state index in [9.17, 15) is 18.0 Å². The zero-order valence-electron chi connectivity index (χ0n) is 12.5. The van der Waals surface area contributed by atoms with Crippen LogP contribution in [0.1, 0.15) is 42.5 Å². The second-order valence-electron chi connectivity index (χ2n) is 5.44. The van der Waals surface area contributed by atoms with Crippen molar-refractivity contribution in [3.05, 3.63) is 22.9 Å². The van der Waals surface area contributed by atoms with Crippen molar-refractivity contribution in [1.82, 2.24) is 10.3 Å². The van der Waals surface area contributed by atoms with Gasteiger partial charge < -0.3 is 5.32 Å². The van der Waals surface area contributed by atoms with Crippen LogP contribution < -0.4 is 5.32 Å². The number of aryl methyl sites for hydroxylation is 1. The Kier molecular flexibility index (Phi) is 5.52. The van der Waals surface area contributed by atoms with Crippen molar-refractivity contribution in [3.63, 3.8) is 0 Å². The first-order valence-corrected chi connectivity index (χ1v) is 8.21. The molecule has 0 aliphatic heterocycles. The third kappa shape index (κ3) is 4.61. The number of carbonyl (C=O) groups excluding carboxylic acids is 1. The lowest BCUT2D eigenvalue weighted by molar-refractivity contribution is -0.138. The highest BCUT2D eigenvalue weighted by Gasteiger charge is 2.35. The van der Waals surface area contributed by atoms with E-state index in [1.54, 1.807) is 6.07 Å². The number of halogens is 3. The first kappa shape index (κ1) is 17.6. The summed E-state index contributed by atoms with van der Waals surface area (Å²) >= 11 is 0.862. The summed E-state index contributed by atoms with van der Waals surface area (Å²) in [5, 5.41) is 11.8. The summed E-state index contributed by atoms with van der Waals surface area (Å²) in [5.74, 6) is -0.304. The highest BCUT2D eigenvalue weighted by Crippen LogP contribution is 2.35. The molecule has 1 aromatic heterocycles. The van der Waals surface area contributed by atoms with Gasteiger partial charge in [0.15, 0.2) is 0 Å². The SMILES string of the molecule is Cc1cc(C(F)(F)F)c(C#N)c(SCC(=O)NC2CCCC2)n1. The topological polar surface area (TPSA) is 65.8 Å². The Hall–Kier alpha value is -1.75. The second kappa shape index (κ2) is 7.21. The summed E-state index contributed by atoms with van der Waals surface area (Å²) in [5.41, 5.74) is -1.37. The summed E-state index contributed by atoms with van der Waals surface area (Å²) in [7, 11) is 0. The normalized spacial score (nSPS) is 15.4. The highest BCUT2D eigenvalue weighted by atomic mass is 32.2. The molecule has 2 rings (SSSR count). The summed E-state index contributed by atoms with van der Waals surface area (Å²) < 4.78 is 39.0. The Morgan fingerprint density at radius 1 is 1.48 bits per heavy atom. The zero-order chi connectivity index (χ0) is 17.0. The van der Waals surface area contributed by atoms with Gasteiger partial charge in [-0.2, -0.15) is 18.4 Å². The molecule has 23 heavy (non-hydrogen) atoms. The first-order chi connectivity index (χ1) is 10.8. The molecule has 1 fully saturated rings. The molecule has 0 saturated heterocycles. The van der Waals surface area contributed by atoms with Gasteiger partial charge in [-0.05, 0) is 25.8 Å². The van der Waals surface area contributed by atoms with E-state index in [2.05, 4.69) is 10.3 Å². The number of carbonyl (C=O) groups is 1. The fourth-order valence-corrected chi connectivity index (χ4v) is 3.41. The Labute approximate surface area is 136 Å². The van der Waals surface area contributed by atoms with Crippen molar-refractivity contribution in [3.8, 4) is 6.07 Å². The average molecular weight is 343 g/mol. The molecule has 0 spiro atoms. The van der Waals surface area contributed by atoms with Crippen LogP contribution >= 0.6 is 11.8 Å². The maximum atomic E-state index is 13.0. The number of nitrogens with one attached hydrogen (secondary N) is 1. The molecule has 0 radical (unpaired) electrons. The molecule has 0 aromatic carbocycles. The molecule has 4 nitrogen and oxygen atoms in total. The van der Waals surface area contributed by atoms with Crippen LogP contribution in [0.4, 0.5) is 13.2 Å². The van der Waals surface area contributed by atoms with Gasteiger partial charge in [-0.15, -0.1) is 0 Å². The van der Waals surface area contributed by atoms with E-state index in [0.717, 1.165) is 43.5 Å². The molecule has 1 N–H and O–H groups in total. The molecule has 0 atom stereocenters. The number of thioether (sulfide) groups is 1. The highest BCUT2D eigenvalue weighted by molar-refractivity contribution is 8.00. The van der Waals surface area contributed by atoms with Gasteiger partial charge in [0.25, 0.3) is 0 Å². The van der Waals surface area contributed by atoms with Crippen molar-refractivity contribution >= 4 is 17.7 Å². The molecule has 1 saturated carbocycles. The Morgan fingerprint density at radius 2 is 2.13 bits per heavy atom. The van der Waals surface area contributed by atoms with Crippen molar-refractivity contribution in [1.29, 1.82) is 5.26 Å². The Bertz CT molecular complexity index is 634. The molecule has 8 heteroatoms. The minimum absolute atomic E-state index is 0.0543. The molecule has 124 valence electrons. The lowest BCUT2D eigenvalue weighted by Crippen LogP contribution is -2.33. The number of pyridine rings is 1. The molecule has 0 bridgehead atoms. The van der Waals surface area contributed by atoms with Crippen LogP contribution in [-0.4, -0.2) is 22.7 Å². The fourth-order valence-electron chi connectivity index (χ4n) is 2.55. The summed E-state index contributed by atoms with van der Waals surface area (Å²) in [6, 6.07) is 2.56. The molecule has 1 amide bonds. The van der Waals surface area contributed by atoms with Crippen molar-refractivity contribution in [2.45, 2.75) is 49.9 Å². The third-order valence-electron chi connectivity index (χ3n) is 3.59. The summed E-state index contributed by atoms with van der Waals surface area (Å²) in [4.78, 5) is 15.9. The van der Waals surface area contributed by atoms with Gasteiger partial charge in [0.05, 0.1) is 16.9 Å². The van der Waals surface area contributed by atoms with Crippen molar-refractivity contribution < 1.29 is 18.0 Å². The monoisotopic (exact) mass is 343 g/mol. The first-order valence-electron chi connectivity index (χ1n) is 7.22. The van der Waals surface area contributed by atoms with Gasteiger partial charge in [0, 0.05) is 11.7 Å². The van der Waals surface area contributed by atoms with E-state index in [-0.39, 0.29) is 28.4 Å². The van der Waals surface area contributed by atoms with E-state index in [4.69, 9.17) is 5.26 Å². The number of hydrogen-bond donors (Lipinski definition) is 1. The number of rotatable bonds is 4. The van der Waals surface area contributed by atoms with E-state index in [1.165, 1.54) is 6.92 Å². The standard InChI is InChI=1S/C15H16F3N3OS/c1-9-6-12(15(16,17)18)11(7-19)14(20-9)23-8-13(22)21-10-4-2-3-5-10/h6,10H,2-5,8H2,1H3,(H,21,22). The van der Waals surface area contributed by atoms with Gasteiger partial charge in [-0.3, -0.25) is 4.79 Å². The number of nitriles is 1. The van der Waals surface area contributed by atoms with E-state index < -0.39 is 17.3 Å². The molecule has 1 aliphatic rings. The number of nitrogens with zero attached hydrogens (tertiary/aromatic N) is 2. The zero-order valence-corrected chi connectivity index (χ0v) is 13.4. The third-order valence-corrected chi connectivity index (χ3v) is 4.57. The van der Waals surface area contributed by atoms with Gasteiger partial charge in [0.1, 0.15) is 11.1 Å². The van der Waals surface area contributed by atoms with Crippen LogP contribution in [0, 0.1) is 18.3 Å². The van der Waals surface area contributed by atoms with Crippen molar-refractivity contribution in [2.75, 3.05) is 5.75 Å². The van der Waals surface area contributed by atoms with Gasteiger partial charge in [0.2, 0.25) is 5.91 Å². The van der Waals surface area contributed by atoms with Crippen LogP contribution in [-0.2, 0) is 11.0 Å². The molecular formula is C15H16F3N3OS. The number of hydrogen-bond acceptors (Lipinski definition) is 4. The minimum atomic E-state index is -4.62. The quantitative estimate of drug-likeness (QED) is 0.851. The van der Waals surface area contributed by atoms with Gasteiger partial charge in [-0.1, -0.05) is 24.6 Å². The van der Waals surface area contributed by atoms with Crippen LogP contribution in [0.5, 0.6) is 0 Å². The summed E-state index contributed by atoms with van der Waals surface area (Å²) in [6.07, 6.45) is -0.613. The largest absolute Gasteiger partial charge is 0.417 e. The lowest BCUT2D eigenvalue weighted by atomic mass is 10.1. The van der Waals surface area contributed by atoms with Crippen LogP contribution in [0.25, 0.3) is 0 Å². The smallest absolute Gasteiger partial charge is 0.353 e. The predicted octanol–water partition coefficient (Wildman–Crippen LogP) is 3.43. The maximum absolute atomic E-state index is 13.0. The molecule has 1 heterocycles. The van der Waals surface area contributed by atoms with Crippen LogP contribution in [0.2, 0.25) is 0 Å². The van der Waals surface area contributed by atoms with E-state index in [0.29, 0.717) is 0 Å². The minimum Gasteiger partial charge on any atom is -0.353 e. The maximum Gasteiger partial charge on any atom is 0.417 e. The van der Waals surface area contributed by atoms with Gasteiger partial charge >= 0.3 is 6.18 Å². The fraction of sp³-hybridized carbons (Fsp3) is 0.533. The van der Waals surface area contributed by atoms with Gasteiger partial charge in [-0.25, -0.2) is 4.98 Å². The molecule has 1 aliphatic carbocycles. The van der Waals surface area contributed by atoms with Crippen LogP contribution in [0.15, 0.2) is 11.1 Å². The number of alkyl halides is 3. The number of aromatic nitrogens is 1. The van der Waals surface area contributed by atoms with Crippen LogP contribution in [0.3, 0.4) is 0 Å².